The second-order valence-electron chi connectivity index (χ2n) is 6.61. The van der Waals surface area contributed by atoms with Crippen LogP contribution in [0.4, 0.5) is 0 Å². The molecule has 0 bridgehead atoms. The van der Waals surface area contributed by atoms with Gasteiger partial charge < -0.3 is 19.4 Å². The molecular weight excluding hydrogens is 330 g/mol. The molecule has 2 aromatic rings. The van der Waals surface area contributed by atoms with Gasteiger partial charge in [-0.25, -0.2) is 4.98 Å². The van der Waals surface area contributed by atoms with E-state index in [0.29, 0.717) is 25.4 Å². The van der Waals surface area contributed by atoms with Crippen molar-refractivity contribution in [3.8, 4) is 5.69 Å². The van der Waals surface area contributed by atoms with Crippen molar-refractivity contribution in [2.24, 2.45) is 0 Å². The molecule has 1 aromatic carbocycles. The van der Waals surface area contributed by atoms with Crippen molar-refractivity contribution in [2.75, 3.05) is 19.8 Å². The fraction of sp³-hybridized carbons (Fsp3) is 0.400. The van der Waals surface area contributed by atoms with Crippen LogP contribution < -0.4 is 5.32 Å². The average molecular weight is 355 g/mol. The Labute approximate surface area is 153 Å². The van der Waals surface area contributed by atoms with Crippen molar-refractivity contribution in [3.63, 3.8) is 0 Å². The van der Waals surface area contributed by atoms with Crippen LogP contribution in [-0.4, -0.2) is 47.4 Å². The van der Waals surface area contributed by atoms with Gasteiger partial charge in [-0.2, -0.15) is 0 Å². The molecule has 2 atom stereocenters. The standard InChI is InChI=1S/C20H25N3O3/c1-15(2)7-12-26-19-13-25-11-8-18(19)22-20(24)16-3-5-17(6-4-16)23-10-9-21-14-23/h3-7,9-10,14,18-19H,8,11-13H2,1-2H3,(H,22,24)/t18-,19-/m1/s1. The summed E-state index contributed by atoms with van der Waals surface area (Å²) in [6.45, 7) is 5.73. The number of hydrogen-bond acceptors (Lipinski definition) is 4. The Bertz CT molecular complexity index is 734. The lowest BCUT2D eigenvalue weighted by atomic mass is 10.0. The summed E-state index contributed by atoms with van der Waals surface area (Å²) in [7, 11) is 0. The highest BCUT2D eigenvalue weighted by Crippen LogP contribution is 2.14. The third-order valence-electron chi connectivity index (χ3n) is 4.35. The molecule has 2 heterocycles. The molecule has 1 N–H and O–H groups in total. The van der Waals surface area contributed by atoms with Gasteiger partial charge in [0.05, 0.1) is 25.6 Å². The molecule has 1 aliphatic heterocycles. The van der Waals surface area contributed by atoms with Crippen LogP contribution in [0, 0.1) is 0 Å². The van der Waals surface area contributed by atoms with Gasteiger partial charge in [0.1, 0.15) is 6.10 Å². The number of allylic oxidation sites excluding steroid dienone is 1. The quantitative estimate of drug-likeness (QED) is 0.809. The summed E-state index contributed by atoms with van der Waals surface area (Å²) in [6.07, 6.45) is 7.97. The van der Waals surface area contributed by atoms with Crippen LogP contribution in [0.2, 0.25) is 0 Å². The van der Waals surface area contributed by atoms with E-state index in [2.05, 4.69) is 10.3 Å². The van der Waals surface area contributed by atoms with E-state index >= 15 is 0 Å². The molecule has 0 saturated carbocycles. The van der Waals surface area contributed by atoms with Crippen LogP contribution in [0.15, 0.2) is 54.6 Å². The zero-order valence-corrected chi connectivity index (χ0v) is 15.2. The lowest BCUT2D eigenvalue weighted by Crippen LogP contribution is -2.50. The first-order valence-corrected chi connectivity index (χ1v) is 8.85. The number of nitrogens with one attached hydrogen (secondary N) is 1. The van der Waals surface area contributed by atoms with Crippen molar-refractivity contribution in [1.29, 1.82) is 0 Å². The predicted octanol–water partition coefficient (Wildman–Crippen LogP) is 2.74. The lowest BCUT2D eigenvalue weighted by Gasteiger charge is -2.32. The molecule has 0 radical (unpaired) electrons. The van der Waals surface area contributed by atoms with Gasteiger partial charge in [-0.3, -0.25) is 4.79 Å². The Balaban J connectivity index is 1.61. The van der Waals surface area contributed by atoms with Gasteiger partial charge >= 0.3 is 0 Å². The SMILES string of the molecule is CC(C)=CCO[C@@H]1COCC[C@H]1NC(=O)c1ccc(-n2ccnc2)cc1. The fourth-order valence-corrected chi connectivity index (χ4v) is 2.83. The summed E-state index contributed by atoms with van der Waals surface area (Å²) < 4.78 is 13.3. The Hall–Kier alpha value is -2.44. The van der Waals surface area contributed by atoms with E-state index in [1.807, 2.05) is 55.0 Å². The second-order valence-corrected chi connectivity index (χ2v) is 6.61. The van der Waals surface area contributed by atoms with Gasteiger partial charge in [0.15, 0.2) is 0 Å². The van der Waals surface area contributed by atoms with E-state index in [9.17, 15) is 4.79 Å². The molecule has 1 amide bonds. The smallest absolute Gasteiger partial charge is 0.251 e. The minimum atomic E-state index is -0.131. The Morgan fingerprint density at radius 3 is 2.88 bits per heavy atom. The maximum Gasteiger partial charge on any atom is 0.251 e. The average Bonchev–Trinajstić information content (AvgIpc) is 3.18. The minimum absolute atomic E-state index is 0.0462. The second kappa shape index (κ2) is 8.78. The number of carbonyl (C=O) groups is 1. The lowest BCUT2D eigenvalue weighted by molar-refractivity contribution is -0.0589. The Morgan fingerprint density at radius 2 is 2.19 bits per heavy atom. The van der Waals surface area contributed by atoms with Crippen LogP contribution in [0.5, 0.6) is 0 Å². The highest BCUT2D eigenvalue weighted by atomic mass is 16.5. The van der Waals surface area contributed by atoms with Crippen molar-refractivity contribution in [2.45, 2.75) is 32.4 Å². The number of rotatable bonds is 6. The van der Waals surface area contributed by atoms with Gasteiger partial charge in [0.2, 0.25) is 0 Å². The maximum absolute atomic E-state index is 12.6. The van der Waals surface area contributed by atoms with Crippen LogP contribution in [0.3, 0.4) is 0 Å². The fourth-order valence-electron chi connectivity index (χ4n) is 2.83. The number of ether oxygens (including phenoxy) is 2. The molecule has 0 unspecified atom stereocenters. The van der Waals surface area contributed by atoms with Crippen LogP contribution in [0.1, 0.15) is 30.6 Å². The summed E-state index contributed by atoms with van der Waals surface area (Å²) in [5.41, 5.74) is 2.80. The van der Waals surface area contributed by atoms with Gasteiger partial charge in [-0.1, -0.05) is 11.6 Å². The molecule has 1 saturated heterocycles. The van der Waals surface area contributed by atoms with Gasteiger partial charge in [-0.05, 0) is 44.5 Å². The highest BCUT2D eigenvalue weighted by Gasteiger charge is 2.28. The first kappa shape index (κ1) is 18.4. The predicted molar refractivity (Wildman–Crippen MR) is 99.4 cm³/mol. The zero-order valence-electron chi connectivity index (χ0n) is 15.2. The van der Waals surface area contributed by atoms with Crippen LogP contribution in [0.25, 0.3) is 5.69 Å². The number of amides is 1. The molecule has 1 aliphatic rings. The Morgan fingerprint density at radius 1 is 1.38 bits per heavy atom. The van der Waals surface area contributed by atoms with Crippen molar-refractivity contribution < 1.29 is 14.3 Å². The molecule has 3 rings (SSSR count). The largest absolute Gasteiger partial charge is 0.379 e. The zero-order chi connectivity index (χ0) is 18.4. The third-order valence-corrected chi connectivity index (χ3v) is 4.35. The van der Waals surface area contributed by atoms with Gasteiger partial charge in [0, 0.05) is 30.3 Å². The number of benzene rings is 1. The van der Waals surface area contributed by atoms with Crippen molar-refractivity contribution >= 4 is 5.91 Å². The number of imidazole rings is 1. The number of hydrogen-bond donors (Lipinski definition) is 1. The first-order valence-electron chi connectivity index (χ1n) is 8.85. The maximum atomic E-state index is 12.6. The molecular formula is C20H25N3O3. The molecule has 0 aliphatic carbocycles. The number of aromatic nitrogens is 2. The molecule has 138 valence electrons. The minimum Gasteiger partial charge on any atom is -0.379 e. The molecule has 1 aromatic heterocycles. The van der Waals surface area contributed by atoms with E-state index in [-0.39, 0.29) is 18.1 Å². The molecule has 6 nitrogen and oxygen atoms in total. The monoisotopic (exact) mass is 355 g/mol. The van der Waals surface area contributed by atoms with E-state index in [1.165, 1.54) is 5.57 Å². The number of nitrogens with zero attached hydrogens (tertiary/aromatic N) is 2. The van der Waals surface area contributed by atoms with E-state index < -0.39 is 0 Å². The Kier molecular flexibility index (Phi) is 6.20. The van der Waals surface area contributed by atoms with Gasteiger partial charge in [0.25, 0.3) is 5.91 Å². The van der Waals surface area contributed by atoms with Crippen molar-refractivity contribution in [1.82, 2.24) is 14.9 Å². The summed E-state index contributed by atoms with van der Waals surface area (Å²) in [5, 5.41) is 3.09. The normalized spacial score (nSPS) is 19.8. The van der Waals surface area contributed by atoms with E-state index in [0.717, 1.165) is 12.1 Å². The molecule has 26 heavy (non-hydrogen) atoms. The van der Waals surface area contributed by atoms with Crippen LogP contribution in [-0.2, 0) is 9.47 Å². The summed E-state index contributed by atoms with van der Waals surface area (Å²) in [6, 6.07) is 7.41. The molecule has 0 spiro atoms. The van der Waals surface area contributed by atoms with Crippen LogP contribution >= 0.6 is 0 Å². The summed E-state index contributed by atoms with van der Waals surface area (Å²) in [4.78, 5) is 16.6. The van der Waals surface area contributed by atoms with E-state index in [1.54, 1.807) is 12.5 Å². The van der Waals surface area contributed by atoms with Gasteiger partial charge in [-0.15, -0.1) is 0 Å². The van der Waals surface area contributed by atoms with Crippen molar-refractivity contribution in [3.05, 3.63) is 60.2 Å². The molecule has 1 fully saturated rings. The van der Waals surface area contributed by atoms with E-state index in [4.69, 9.17) is 9.47 Å². The highest BCUT2D eigenvalue weighted by molar-refractivity contribution is 5.94. The first-order chi connectivity index (χ1) is 12.6. The molecule has 6 heteroatoms. The summed E-state index contributed by atoms with van der Waals surface area (Å²) >= 11 is 0. The summed E-state index contributed by atoms with van der Waals surface area (Å²) in [5.74, 6) is -0.0927. The third kappa shape index (κ3) is 4.80. The number of carbonyl (C=O) groups excluding carboxylic acids is 1. The topological polar surface area (TPSA) is 65.4 Å².